The van der Waals surface area contributed by atoms with Crippen molar-refractivity contribution in [3.05, 3.63) is 46.1 Å². The summed E-state index contributed by atoms with van der Waals surface area (Å²) in [7, 11) is 1.37. The molecule has 1 aliphatic rings. The van der Waals surface area contributed by atoms with Gasteiger partial charge in [-0.2, -0.15) is 0 Å². The van der Waals surface area contributed by atoms with Crippen LogP contribution in [0.25, 0.3) is 0 Å². The number of fused-ring (bicyclic) bond motifs is 1. The van der Waals surface area contributed by atoms with Crippen LogP contribution in [0.4, 0.5) is 9.39 Å². The molecule has 1 aliphatic carbocycles. The Bertz CT molecular complexity index is 817. The molecule has 1 aromatic heterocycles. The number of carbonyl (C=O) groups excluding carboxylic acids is 2. The summed E-state index contributed by atoms with van der Waals surface area (Å²) in [5, 5.41) is 3.51. The van der Waals surface area contributed by atoms with Gasteiger partial charge in [-0.3, -0.25) is 4.79 Å². The molecule has 0 fully saturated rings. The molecule has 4 nitrogen and oxygen atoms in total. The van der Waals surface area contributed by atoms with E-state index < -0.39 is 0 Å². The predicted octanol–water partition coefficient (Wildman–Crippen LogP) is 5.06. The van der Waals surface area contributed by atoms with Crippen LogP contribution in [0.3, 0.4) is 0 Å². The molecule has 144 valence electrons. The van der Waals surface area contributed by atoms with Crippen LogP contribution in [0.5, 0.6) is 0 Å². The van der Waals surface area contributed by atoms with E-state index in [1.165, 1.54) is 47.2 Å². The first kappa shape index (κ1) is 19.9. The average Bonchev–Trinajstić information content (AvgIpc) is 2.83. The van der Waals surface area contributed by atoms with Crippen LogP contribution in [0.1, 0.15) is 46.5 Å². The highest BCUT2D eigenvalue weighted by Crippen LogP contribution is 2.38. The average molecular weight is 408 g/mol. The van der Waals surface area contributed by atoms with Gasteiger partial charge in [-0.05, 0) is 55.5 Å². The number of amides is 1. The van der Waals surface area contributed by atoms with Crippen molar-refractivity contribution in [2.75, 3.05) is 18.2 Å². The Kier molecular flexibility index (Phi) is 6.90. The van der Waals surface area contributed by atoms with E-state index in [4.69, 9.17) is 4.74 Å². The number of carbonyl (C=O) groups is 2. The number of methoxy groups -OCH3 is 1. The van der Waals surface area contributed by atoms with Crippen molar-refractivity contribution >= 4 is 40.0 Å². The number of benzene rings is 1. The van der Waals surface area contributed by atoms with Crippen molar-refractivity contribution in [3.8, 4) is 0 Å². The molecule has 0 unspecified atom stereocenters. The van der Waals surface area contributed by atoms with Crippen molar-refractivity contribution in [3.63, 3.8) is 0 Å². The summed E-state index contributed by atoms with van der Waals surface area (Å²) < 4.78 is 17.9. The molecule has 0 radical (unpaired) electrons. The second kappa shape index (κ2) is 9.37. The number of hydrogen-bond acceptors (Lipinski definition) is 5. The van der Waals surface area contributed by atoms with Crippen molar-refractivity contribution in [2.45, 2.75) is 43.4 Å². The Morgan fingerprint density at radius 3 is 2.67 bits per heavy atom. The van der Waals surface area contributed by atoms with Gasteiger partial charge < -0.3 is 10.1 Å². The third-order valence-corrected chi connectivity index (χ3v) is 6.70. The van der Waals surface area contributed by atoms with Gasteiger partial charge in [0.15, 0.2) is 0 Å². The van der Waals surface area contributed by atoms with Crippen molar-refractivity contribution in [1.82, 2.24) is 0 Å². The number of halogens is 1. The predicted molar refractivity (Wildman–Crippen MR) is 107 cm³/mol. The number of rotatable bonds is 6. The molecule has 0 saturated carbocycles. The zero-order valence-corrected chi connectivity index (χ0v) is 16.8. The highest BCUT2D eigenvalue weighted by Gasteiger charge is 2.26. The van der Waals surface area contributed by atoms with Crippen molar-refractivity contribution < 1.29 is 18.7 Å². The van der Waals surface area contributed by atoms with E-state index in [-0.39, 0.29) is 17.7 Å². The van der Waals surface area contributed by atoms with E-state index in [0.29, 0.717) is 22.7 Å². The minimum Gasteiger partial charge on any atom is -0.465 e. The Hall–Kier alpha value is -1.86. The first-order valence-electron chi connectivity index (χ1n) is 8.99. The second-order valence-corrected chi connectivity index (χ2v) is 8.63. The summed E-state index contributed by atoms with van der Waals surface area (Å²) in [4.78, 5) is 26.8. The smallest absolute Gasteiger partial charge is 0.341 e. The van der Waals surface area contributed by atoms with E-state index in [1.807, 2.05) is 0 Å². The molecule has 7 heteroatoms. The summed E-state index contributed by atoms with van der Waals surface area (Å²) in [5.74, 6) is -0.211. The largest absolute Gasteiger partial charge is 0.465 e. The van der Waals surface area contributed by atoms with Gasteiger partial charge in [-0.15, -0.1) is 23.1 Å². The maximum Gasteiger partial charge on any atom is 0.341 e. The molecular formula is C20H22FNO3S2. The topological polar surface area (TPSA) is 55.4 Å². The van der Waals surface area contributed by atoms with E-state index in [0.717, 1.165) is 42.6 Å². The molecular weight excluding hydrogens is 385 g/mol. The first-order valence-corrected chi connectivity index (χ1v) is 10.8. The molecule has 0 atom stereocenters. The van der Waals surface area contributed by atoms with Crippen molar-refractivity contribution in [1.29, 1.82) is 0 Å². The highest BCUT2D eigenvalue weighted by molar-refractivity contribution is 7.99. The Balaban J connectivity index is 1.64. The SMILES string of the molecule is COC(=O)c1c(NC(=O)CCSc2ccc(F)cc2)sc2c1CCCCC2. The van der Waals surface area contributed by atoms with Gasteiger partial charge in [-0.25, -0.2) is 9.18 Å². The summed E-state index contributed by atoms with van der Waals surface area (Å²) in [5.41, 5.74) is 1.57. The summed E-state index contributed by atoms with van der Waals surface area (Å²) in [6.45, 7) is 0. The van der Waals surface area contributed by atoms with Gasteiger partial charge in [0.2, 0.25) is 5.91 Å². The number of thioether (sulfide) groups is 1. The van der Waals surface area contributed by atoms with E-state index >= 15 is 0 Å². The van der Waals surface area contributed by atoms with Crippen LogP contribution in [-0.4, -0.2) is 24.7 Å². The number of nitrogens with one attached hydrogen (secondary N) is 1. The third-order valence-electron chi connectivity index (χ3n) is 4.48. The number of ether oxygens (including phenoxy) is 1. The number of esters is 1. The molecule has 1 amide bonds. The molecule has 0 spiro atoms. The highest BCUT2D eigenvalue weighted by atomic mass is 32.2. The van der Waals surface area contributed by atoms with Crippen LogP contribution in [0.2, 0.25) is 0 Å². The lowest BCUT2D eigenvalue weighted by Gasteiger charge is -2.07. The van der Waals surface area contributed by atoms with E-state index in [1.54, 1.807) is 12.1 Å². The van der Waals surface area contributed by atoms with Gasteiger partial charge in [0, 0.05) is 21.9 Å². The fourth-order valence-electron chi connectivity index (χ4n) is 3.13. The van der Waals surface area contributed by atoms with Crippen LogP contribution < -0.4 is 5.32 Å². The molecule has 0 saturated heterocycles. The van der Waals surface area contributed by atoms with Crippen LogP contribution in [0, 0.1) is 5.82 Å². The molecule has 3 rings (SSSR count). The third kappa shape index (κ3) is 5.11. The quantitative estimate of drug-likeness (QED) is 0.413. The van der Waals surface area contributed by atoms with Crippen LogP contribution in [-0.2, 0) is 22.4 Å². The zero-order chi connectivity index (χ0) is 19.2. The summed E-state index contributed by atoms with van der Waals surface area (Å²) >= 11 is 2.99. The Morgan fingerprint density at radius 2 is 1.93 bits per heavy atom. The molecule has 27 heavy (non-hydrogen) atoms. The lowest BCUT2D eigenvalue weighted by atomic mass is 10.1. The Morgan fingerprint density at radius 1 is 1.19 bits per heavy atom. The van der Waals surface area contributed by atoms with Gasteiger partial charge in [-0.1, -0.05) is 6.42 Å². The lowest BCUT2D eigenvalue weighted by molar-refractivity contribution is -0.115. The Labute approximate surface area is 166 Å². The molecule has 1 N–H and O–H groups in total. The van der Waals surface area contributed by atoms with E-state index in [9.17, 15) is 14.0 Å². The maximum atomic E-state index is 12.9. The van der Waals surface area contributed by atoms with Gasteiger partial charge in [0.1, 0.15) is 10.8 Å². The molecule has 1 heterocycles. The van der Waals surface area contributed by atoms with Gasteiger partial charge >= 0.3 is 5.97 Å². The number of anilines is 1. The molecule has 1 aromatic carbocycles. The van der Waals surface area contributed by atoms with Crippen LogP contribution in [0.15, 0.2) is 29.2 Å². The van der Waals surface area contributed by atoms with Gasteiger partial charge in [0.25, 0.3) is 0 Å². The normalized spacial score (nSPS) is 13.6. The number of hydrogen-bond donors (Lipinski definition) is 1. The fourth-order valence-corrected chi connectivity index (χ4v) is 5.28. The monoisotopic (exact) mass is 407 g/mol. The zero-order valence-electron chi connectivity index (χ0n) is 15.2. The summed E-state index contributed by atoms with van der Waals surface area (Å²) in [6, 6.07) is 6.21. The molecule has 2 aromatic rings. The first-order chi connectivity index (χ1) is 13.1. The molecule has 0 bridgehead atoms. The number of thiophene rings is 1. The maximum absolute atomic E-state index is 12.9. The minimum atomic E-state index is -0.384. The summed E-state index contributed by atoms with van der Waals surface area (Å²) in [6.07, 6.45) is 5.42. The van der Waals surface area contributed by atoms with E-state index in [2.05, 4.69) is 5.32 Å². The fraction of sp³-hybridized carbons (Fsp3) is 0.400. The van der Waals surface area contributed by atoms with Crippen molar-refractivity contribution in [2.24, 2.45) is 0 Å². The lowest BCUT2D eigenvalue weighted by Crippen LogP contribution is -2.15. The minimum absolute atomic E-state index is 0.133. The molecule has 0 aliphatic heterocycles. The van der Waals surface area contributed by atoms with Gasteiger partial charge in [0.05, 0.1) is 12.7 Å². The standard InChI is InChI=1S/C20H22FNO3S2/c1-25-20(24)18-15-5-3-2-4-6-16(15)27-19(18)22-17(23)11-12-26-14-9-7-13(21)8-10-14/h7-10H,2-6,11-12H2,1H3,(H,22,23). The second-order valence-electron chi connectivity index (χ2n) is 6.36. The van der Waals surface area contributed by atoms with Crippen LogP contribution >= 0.6 is 23.1 Å². The number of aryl methyl sites for hydroxylation is 1.